The second-order valence-corrected chi connectivity index (χ2v) is 7.23. The second kappa shape index (κ2) is 12.7. The molecule has 0 spiro atoms. The van der Waals surface area contributed by atoms with Crippen LogP contribution >= 0.6 is 0 Å². The predicted octanol–water partition coefficient (Wildman–Crippen LogP) is 2.53. The minimum atomic E-state index is -5.08. The van der Waals surface area contributed by atoms with E-state index in [-0.39, 0.29) is 11.8 Å². The molecule has 15 heteroatoms. The number of carbonyl (C=O) groups is 3. The van der Waals surface area contributed by atoms with Crippen molar-refractivity contribution in [3.8, 4) is 0 Å². The van der Waals surface area contributed by atoms with Crippen molar-refractivity contribution in [1.29, 1.82) is 0 Å². The van der Waals surface area contributed by atoms with Crippen molar-refractivity contribution in [3.05, 3.63) is 54.1 Å². The van der Waals surface area contributed by atoms with E-state index >= 15 is 0 Å². The molecule has 0 saturated heterocycles. The number of amides is 1. The third-order valence-corrected chi connectivity index (χ3v) is 4.35. The van der Waals surface area contributed by atoms with Crippen molar-refractivity contribution in [3.63, 3.8) is 0 Å². The third kappa shape index (κ3) is 10.9. The molecule has 1 amide bonds. The van der Waals surface area contributed by atoms with Crippen LogP contribution in [0, 0.1) is 5.92 Å². The molecule has 0 aromatic carbocycles. The smallest absolute Gasteiger partial charge is 0.475 e. The van der Waals surface area contributed by atoms with Crippen LogP contribution < -0.4 is 5.32 Å². The van der Waals surface area contributed by atoms with E-state index in [1.54, 1.807) is 12.4 Å². The summed E-state index contributed by atoms with van der Waals surface area (Å²) in [6.07, 6.45) is -4.60. The highest BCUT2D eigenvalue weighted by molar-refractivity contribution is 5.78. The van der Waals surface area contributed by atoms with Crippen LogP contribution in [0.1, 0.15) is 11.3 Å². The number of aromatic nitrogens is 2. The number of hydrogen-bond acceptors (Lipinski definition) is 5. The molecule has 1 aliphatic heterocycles. The molecule has 0 fully saturated rings. The zero-order chi connectivity index (χ0) is 26.8. The molecule has 35 heavy (non-hydrogen) atoms. The minimum Gasteiger partial charge on any atom is -0.475 e. The van der Waals surface area contributed by atoms with Gasteiger partial charge in [-0.25, -0.2) is 9.59 Å². The standard InChI is InChI=1S/C16H20N4O.2C2HF3O2/c1-19-10-14(11-20-7-3-5-15(20)12-19)16(21)18-9-13-4-2-6-17-8-13;2*3-2(4,5)1(6)7/h2-8,14H,9-12H2,1H3,(H,18,21);2*(H,6,7). The summed E-state index contributed by atoms with van der Waals surface area (Å²) in [6.45, 7) is 2.94. The lowest BCUT2D eigenvalue weighted by Gasteiger charge is -2.19. The van der Waals surface area contributed by atoms with Gasteiger partial charge in [-0.15, -0.1) is 0 Å². The Bertz CT molecular complexity index is 954. The van der Waals surface area contributed by atoms with Crippen LogP contribution in [-0.4, -0.2) is 68.5 Å². The molecule has 9 nitrogen and oxygen atoms in total. The van der Waals surface area contributed by atoms with Crippen LogP contribution in [0.5, 0.6) is 0 Å². The molecule has 0 saturated carbocycles. The summed E-state index contributed by atoms with van der Waals surface area (Å²) in [5.74, 6) is -5.44. The predicted molar refractivity (Wildman–Crippen MR) is 108 cm³/mol. The number of pyridine rings is 1. The lowest BCUT2D eigenvalue weighted by Crippen LogP contribution is -2.37. The number of nitrogens with one attached hydrogen (secondary N) is 1. The minimum absolute atomic E-state index is 0.0275. The highest BCUT2D eigenvalue weighted by Gasteiger charge is 2.38. The van der Waals surface area contributed by atoms with Crippen molar-refractivity contribution in [1.82, 2.24) is 19.8 Å². The molecule has 3 rings (SSSR count). The van der Waals surface area contributed by atoms with Gasteiger partial charge in [-0.3, -0.25) is 14.7 Å². The summed E-state index contributed by atoms with van der Waals surface area (Å²) in [6, 6.07) is 8.01. The Morgan fingerprint density at radius 1 is 1.03 bits per heavy atom. The maximum Gasteiger partial charge on any atom is 0.490 e. The Hall–Kier alpha value is -3.62. The number of hydrogen-bond donors (Lipinski definition) is 3. The van der Waals surface area contributed by atoms with Gasteiger partial charge in [-0.05, 0) is 30.8 Å². The van der Waals surface area contributed by atoms with Crippen molar-refractivity contribution >= 4 is 17.8 Å². The van der Waals surface area contributed by atoms with Crippen molar-refractivity contribution < 1.29 is 50.9 Å². The molecule has 1 aliphatic rings. The lowest BCUT2D eigenvalue weighted by molar-refractivity contribution is -0.193. The Balaban J connectivity index is 0.000000362. The molecule has 194 valence electrons. The van der Waals surface area contributed by atoms with E-state index in [1.165, 1.54) is 5.69 Å². The zero-order valence-corrected chi connectivity index (χ0v) is 18.2. The lowest BCUT2D eigenvalue weighted by atomic mass is 10.1. The summed E-state index contributed by atoms with van der Waals surface area (Å²) < 4.78 is 65.7. The molecule has 1 unspecified atom stereocenters. The summed E-state index contributed by atoms with van der Waals surface area (Å²) in [5.41, 5.74) is 2.29. The second-order valence-electron chi connectivity index (χ2n) is 7.23. The van der Waals surface area contributed by atoms with Gasteiger partial charge in [0.2, 0.25) is 5.91 Å². The fraction of sp³-hybridized carbons (Fsp3) is 0.400. The quantitative estimate of drug-likeness (QED) is 0.540. The fourth-order valence-electron chi connectivity index (χ4n) is 2.79. The Kier molecular flexibility index (Phi) is 10.7. The van der Waals surface area contributed by atoms with E-state index in [0.29, 0.717) is 6.54 Å². The van der Waals surface area contributed by atoms with Gasteiger partial charge in [0.25, 0.3) is 0 Å². The molecule has 0 radical (unpaired) electrons. The molecule has 1 atom stereocenters. The number of halogens is 6. The van der Waals surface area contributed by atoms with Gasteiger partial charge in [0.1, 0.15) is 0 Å². The molecule has 0 aliphatic carbocycles. The van der Waals surface area contributed by atoms with E-state index in [0.717, 1.165) is 25.2 Å². The van der Waals surface area contributed by atoms with Crippen molar-refractivity contribution in [2.75, 3.05) is 13.6 Å². The number of fused-ring (bicyclic) bond motifs is 1. The molecular weight excluding hydrogens is 490 g/mol. The molecule has 3 heterocycles. The normalized spacial score (nSPS) is 15.8. The van der Waals surface area contributed by atoms with E-state index in [9.17, 15) is 31.1 Å². The van der Waals surface area contributed by atoms with Crippen LogP contribution in [0.4, 0.5) is 26.3 Å². The first-order valence-electron chi connectivity index (χ1n) is 9.70. The van der Waals surface area contributed by atoms with Crippen LogP contribution in [0.3, 0.4) is 0 Å². The first kappa shape index (κ1) is 29.4. The topological polar surface area (TPSA) is 125 Å². The highest BCUT2D eigenvalue weighted by atomic mass is 19.4. The molecule has 3 N–H and O–H groups in total. The van der Waals surface area contributed by atoms with Gasteiger partial charge in [0.15, 0.2) is 0 Å². The van der Waals surface area contributed by atoms with Gasteiger partial charge in [-0.2, -0.15) is 26.3 Å². The monoisotopic (exact) mass is 512 g/mol. The average molecular weight is 512 g/mol. The number of rotatable bonds is 3. The number of alkyl halides is 6. The van der Waals surface area contributed by atoms with Gasteiger partial charge in [-0.1, -0.05) is 6.07 Å². The average Bonchev–Trinajstić information content (AvgIpc) is 3.11. The Morgan fingerprint density at radius 3 is 2.09 bits per heavy atom. The highest BCUT2D eigenvalue weighted by Crippen LogP contribution is 2.16. The van der Waals surface area contributed by atoms with Crippen molar-refractivity contribution in [2.45, 2.75) is 32.0 Å². The maximum atomic E-state index is 12.4. The van der Waals surface area contributed by atoms with Gasteiger partial charge < -0.3 is 20.1 Å². The SMILES string of the molecule is CN1Cc2cccn2CC(C(=O)NCc2cccnc2)C1.O=C(O)C(F)(F)F.O=C(O)C(F)(F)F. The van der Waals surface area contributed by atoms with Gasteiger partial charge in [0, 0.05) is 50.5 Å². The Morgan fingerprint density at radius 2 is 1.60 bits per heavy atom. The number of carboxylic acid groups (broad SMARTS) is 2. The van der Waals surface area contributed by atoms with E-state index in [2.05, 4.69) is 39.1 Å². The largest absolute Gasteiger partial charge is 0.490 e. The number of carboxylic acids is 2. The molecule has 2 aromatic heterocycles. The summed E-state index contributed by atoms with van der Waals surface area (Å²) in [7, 11) is 2.06. The van der Waals surface area contributed by atoms with Gasteiger partial charge >= 0.3 is 24.3 Å². The van der Waals surface area contributed by atoms with Gasteiger partial charge in [0.05, 0.1) is 5.92 Å². The van der Waals surface area contributed by atoms with Crippen LogP contribution in [-0.2, 0) is 34.0 Å². The number of carbonyl (C=O) groups excluding carboxylic acids is 1. The summed E-state index contributed by atoms with van der Waals surface area (Å²) in [4.78, 5) is 36.5. The fourth-order valence-corrected chi connectivity index (χ4v) is 2.79. The molecule has 0 bridgehead atoms. The van der Waals surface area contributed by atoms with E-state index in [4.69, 9.17) is 19.8 Å². The zero-order valence-electron chi connectivity index (χ0n) is 18.2. The third-order valence-electron chi connectivity index (χ3n) is 4.35. The van der Waals surface area contributed by atoms with Crippen LogP contribution in [0.25, 0.3) is 0 Å². The number of nitrogens with zero attached hydrogens (tertiary/aromatic N) is 3. The van der Waals surface area contributed by atoms with Crippen LogP contribution in [0.15, 0.2) is 42.9 Å². The van der Waals surface area contributed by atoms with Crippen molar-refractivity contribution in [2.24, 2.45) is 5.92 Å². The summed E-state index contributed by atoms with van der Waals surface area (Å²) >= 11 is 0. The molecular formula is C20H22F6N4O5. The summed E-state index contributed by atoms with van der Waals surface area (Å²) in [5, 5.41) is 17.3. The first-order chi connectivity index (χ1) is 16.1. The molecule has 2 aromatic rings. The van der Waals surface area contributed by atoms with E-state index in [1.807, 2.05) is 18.2 Å². The van der Waals surface area contributed by atoms with E-state index < -0.39 is 24.3 Å². The Labute approximate surface area is 195 Å². The maximum absolute atomic E-state index is 12.4. The first-order valence-corrected chi connectivity index (χ1v) is 9.70. The van der Waals surface area contributed by atoms with Crippen LogP contribution in [0.2, 0.25) is 0 Å². The number of aliphatic carboxylic acids is 2.